The average molecular weight is 425 g/mol. The van der Waals surface area contributed by atoms with Crippen LogP contribution in [0.4, 0.5) is 4.39 Å². The van der Waals surface area contributed by atoms with Crippen molar-refractivity contribution in [2.75, 3.05) is 0 Å². The number of imide groups is 1. The minimum Gasteiger partial charge on any atom is -0.337 e. The predicted molar refractivity (Wildman–Crippen MR) is 113 cm³/mol. The Hall–Kier alpha value is -2.50. The summed E-state index contributed by atoms with van der Waals surface area (Å²) in [5.41, 5.74) is 0.633. The van der Waals surface area contributed by atoms with Gasteiger partial charge in [-0.1, -0.05) is 24.3 Å². The van der Waals surface area contributed by atoms with Gasteiger partial charge >= 0.3 is 0 Å². The van der Waals surface area contributed by atoms with Crippen LogP contribution in [0.1, 0.15) is 57.6 Å². The molecule has 1 aromatic rings. The van der Waals surface area contributed by atoms with Gasteiger partial charge in [-0.15, -0.1) is 0 Å². The third-order valence-electron chi connectivity index (χ3n) is 7.92. The van der Waals surface area contributed by atoms with Gasteiger partial charge in [0.15, 0.2) is 0 Å². The molecule has 2 saturated heterocycles. The number of benzene rings is 1. The third kappa shape index (κ3) is 3.22. The summed E-state index contributed by atoms with van der Waals surface area (Å²) < 4.78 is 13.6. The zero-order chi connectivity index (χ0) is 21.9. The van der Waals surface area contributed by atoms with E-state index in [-0.39, 0.29) is 65.7 Å². The number of halogens is 1. The first kappa shape index (κ1) is 20.4. The molecular weight excluding hydrogens is 395 g/mol. The highest BCUT2D eigenvalue weighted by Crippen LogP contribution is 2.54. The van der Waals surface area contributed by atoms with Crippen molar-refractivity contribution in [3.05, 3.63) is 47.8 Å². The number of carbonyl (C=O) groups excluding carboxylic acids is 3. The third-order valence-corrected chi connectivity index (χ3v) is 7.92. The van der Waals surface area contributed by atoms with Crippen LogP contribution in [0.3, 0.4) is 0 Å². The molecule has 7 atom stereocenters. The zero-order valence-corrected chi connectivity index (χ0v) is 18.0. The summed E-state index contributed by atoms with van der Waals surface area (Å²) in [5, 5.41) is 0. The average Bonchev–Trinajstić information content (AvgIpc) is 3.41. The summed E-state index contributed by atoms with van der Waals surface area (Å²) in [6, 6.07) is 5.42. The fourth-order valence-electron chi connectivity index (χ4n) is 6.46. The number of rotatable bonds is 4. The number of piperidine rings is 1. The molecular formula is C25H29FN2O3. The van der Waals surface area contributed by atoms with Gasteiger partial charge in [-0.25, -0.2) is 4.39 Å². The fraction of sp³-hybridized carbons (Fsp3) is 0.560. The predicted octanol–water partition coefficient (Wildman–Crippen LogP) is 3.85. The molecule has 1 aromatic carbocycles. The van der Waals surface area contributed by atoms with Crippen LogP contribution in [0.5, 0.6) is 0 Å². The van der Waals surface area contributed by atoms with Gasteiger partial charge < -0.3 is 4.90 Å². The van der Waals surface area contributed by atoms with E-state index in [0.717, 1.165) is 25.7 Å². The van der Waals surface area contributed by atoms with E-state index in [2.05, 4.69) is 26.0 Å². The zero-order valence-electron chi connectivity index (χ0n) is 18.0. The van der Waals surface area contributed by atoms with Crippen LogP contribution in [0.2, 0.25) is 0 Å². The minimum atomic E-state index is -0.695. The molecule has 2 aliphatic heterocycles. The Morgan fingerprint density at radius 2 is 1.55 bits per heavy atom. The minimum absolute atomic E-state index is 0.0417. The monoisotopic (exact) mass is 424 g/mol. The molecule has 5 nitrogen and oxygen atoms in total. The molecule has 6 heteroatoms. The normalized spacial score (nSPS) is 35.1. The number of amides is 3. The number of carbonyl (C=O) groups is 3. The fourth-order valence-corrected chi connectivity index (χ4v) is 6.46. The Bertz CT molecular complexity index is 903. The second kappa shape index (κ2) is 7.57. The molecule has 0 aromatic heterocycles. The molecule has 2 aliphatic carbocycles. The molecule has 2 bridgehead atoms. The summed E-state index contributed by atoms with van der Waals surface area (Å²) in [5.74, 6) is -1.17. The lowest BCUT2D eigenvalue weighted by molar-refractivity contribution is -0.146. The summed E-state index contributed by atoms with van der Waals surface area (Å²) in [6.07, 6.45) is 8.04. The Morgan fingerprint density at radius 3 is 2.10 bits per heavy atom. The quantitative estimate of drug-likeness (QED) is 0.545. The topological polar surface area (TPSA) is 57.7 Å². The van der Waals surface area contributed by atoms with Crippen LogP contribution in [0.15, 0.2) is 36.4 Å². The van der Waals surface area contributed by atoms with Crippen LogP contribution >= 0.6 is 0 Å². The molecule has 5 rings (SSSR count). The molecule has 3 fully saturated rings. The first-order valence-corrected chi connectivity index (χ1v) is 11.5. The molecule has 0 spiro atoms. The van der Waals surface area contributed by atoms with Gasteiger partial charge in [-0.3, -0.25) is 19.3 Å². The molecule has 4 aliphatic rings. The molecule has 1 saturated carbocycles. The second-order valence-electron chi connectivity index (χ2n) is 9.75. The van der Waals surface area contributed by atoms with Gasteiger partial charge in [0.1, 0.15) is 5.82 Å². The number of hydrogen-bond donors (Lipinski definition) is 0. The molecule has 164 valence electrons. The highest BCUT2D eigenvalue weighted by Gasteiger charge is 2.60. The Labute approximate surface area is 182 Å². The van der Waals surface area contributed by atoms with E-state index in [0.29, 0.717) is 5.56 Å². The lowest BCUT2D eigenvalue weighted by Gasteiger charge is -2.40. The van der Waals surface area contributed by atoms with Crippen LogP contribution in [0.25, 0.3) is 0 Å². The summed E-state index contributed by atoms with van der Waals surface area (Å²) in [4.78, 5) is 43.5. The van der Waals surface area contributed by atoms with E-state index in [4.69, 9.17) is 0 Å². The van der Waals surface area contributed by atoms with Crippen molar-refractivity contribution < 1.29 is 18.8 Å². The summed E-state index contributed by atoms with van der Waals surface area (Å²) >= 11 is 0. The van der Waals surface area contributed by atoms with Gasteiger partial charge in [0.25, 0.3) is 0 Å². The highest BCUT2D eigenvalue weighted by molar-refractivity contribution is 6.07. The van der Waals surface area contributed by atoms with E-state index in [1.165, 1.54) is 17.0 Å². The number of nitrogens with zero attached hydrogens (tertiary/aromatic N) is 2. The van der Waals surface area contributed by atoms with E-state index in [1.54, 1.807) is 12.1 Å². The van der Waals surface area contributed by atoms with E-state index >= 15 is 0 Å². The van der Waals surface area contributed by atoms with Crippen molar-refractivity contribution in [3.8, 4) is 0 Å². The molecule has 0 N–H and O–H groups in total. The van der Waals surface area contributed by atoms with Crippen molar-refractivity contribution in [1.29, 1.82) is 0 Å². The number of likely N-dealkylation sites (tertiary alicyclic amines) is 2. The van der Waals surface area contributed by atoms with Crippen molar-refractivity contribution in [2.24, 2.45) is 23.7 Å². The standard InChI is InChI=1S/C25H29FN2O3/c1-14-4-3-5-15(2)27(14)21(29)13-20(16-8-10-19(26)11-9-16)28-24(30)22-17-6-7-18(12-17)23(22)25(28)31/h6-11,14-15,17-18,20,22-23H,3-5,12-13H2,1-2H3. The van der Waals surface area contributed by atoms with Crippen LogP contribution < -0.4 is 0 Å². The van der Waals surface area contributed by atoms with Crippen LogP contribution in [0, 0.1) is 29.5 Å². The smallest absolute Gasteiger partial charge is 0.234 e. The second-order valence-corrected chi connectivity index (χ2v) is 9.75. The van der Waals surface area contributed by atoms with Crippen molar-refractivity contribution in [3.63, 3.8) is 0 Å². The van der Waals surface area contributed by atoms with Crippen molar-refractivity contribution >= 4 is 17.7 Å². The number of hydrogen-bond acceptors (Lipinski definition) is 3. The summed E-state index contributed by atoms with van der Waals surface area (Å²) in [7, 11) is 0. The molecule has 3 amide bonds. The molecule has 0 radical (unpaired) electrons. The van der Waals surface area contributed by atoms with Gasteiger partial charge in [0.05, 0.1) is 24.3 Å². The van der Waals surface area contributed by atoms with Crippen LogP contribution in [-0.2, 0) is 14.4 Å². The first-order valence-electron chi connectivity index (χ1n) is 11.5. The Kier molecular flexibility index (Phi) is 4.98. The lowest BCUT2D eigenvalue weighted by Crippen LogP contribution is -2.49. The number of fused-ring (bicyclic) bond motifs is 5. The van der Waals surface area contributed by atoms with Gasteiger partial charge in [0, 0.05) is 12.1 Å². The maximum Gasteiger partial charge on any atom is 0.234 e. The summed E-state index contributed by atoms with van der Waals surface area (Å²) in [6.45, 7) is 4.11. The molecule has 2 heterocycles. The van der Waals surface area contributed by atoms with Crippen molar-refractivity contribution in [2.45, 2.75) is 64.1 Å². The largest absolute Gasteiger partial charge is 0.337 e. The Balaban J connectivity index is 1.47. The first-order chi connectivity index (χ1) is 14.9. The van der Waals surface area contributed by atoms with Gasteiger partial charge in [-0.2, -0.15) is 0 Å². The highest BCUT2D eigenvalue weighted by atomic mass is 19.1. The maximum absolute atomic E-state index is 13.6. The SMILES string of the molecule is CC1CCCC(C)N1C(=O)CC(c1ccc(F)cc1)N1C(=O)C2C3C=CC(C3)C2C1=O. The lowest BCUT2D eigenvalue weighted by atomic mass is 9.85. The van der Waals surface area contributed by atoms with E-state index < -0.39 is 6.04 Å². The van der Waals surface area contributed by atoms with Gasteiger partial charge in [-0.05, 0) is 69.1 Å². The van der Waals surface area contributed by atoms with Gasteiger partial charge in [0.2, 0.25) is 17.7 Å². The van der Waals surface area contributed by atoms with Crippen LogP contribution in [-0.4, -0.2) is 39.6 Å². The maximum atomic E-state index is 13.6. The number of allylic oxidation sites excluding steroid dienone is 2. The molecule has 7 unspecified atom stereocenters. The van der Waals surface area contributed by atoms with E-state index in [9.17, 15) is 18.8 Å². The van der Waals surface area contributed by atoms with E-state index in [1.807, 2.05) is 4.90 Å². The van der Waals surface area contributed by atoms with Crippen molar-refractivity contribution in [1.82, 2.24) is 9.80 Å². The molecule has 31 heavy (non-hydrogen) atoms. The Morgan fingerprint density at radius 1 is 1.00 bits per heavy atom.